The van der Waals surface area contributed by atoms with Gasteiger partial charge in [0.15, 0.2) is 0 Å². The smallest absolute Gasteiger partial charge is 0.410 e. The van der Waals surface area contributed by atoms with Gasteiger partial charge in [0.1, 0.15) is 11.2 Å². The van der Waals surface area contributed by atoms with Gasteiger partial charge < -0.3 is 14.2 Å². The number of pyridine rings is 1. The third-order valence-corrected chi connectivity index (χ3v) is 8.26. The molecule has 5 rings (SSSR count). The number of rotatable bonds is 3. The second-order valence-electron chi connectivity index (χ2n) is 11.4. The van der Waals surface area contributed by atoms with Crippen LogP contribution in [0.5, 0.6) is 0 Å². The Morgan fingerprint density at radius 2 is 1.84 bits per heavy atom. The zero-order valence-electron chi connectivity index (χ0n) is 19.7. The highest BCUT2D eigenvalue weighted by Crippen LogP contribution is 2.48. The minimum atomic E-state index is -0.419. The molecule has 0 atom stereocenters. The number of hydrogen-bond acceptors (Lipinski definition) is 3. The fourth-order valence-corrected chi connectivity index (χ4v) is 6.10. The molecule has 3 aliphatic rings. The number of carbonyl (C=O) groups is 1. The molecule has 174 valence electrons. The molecule has 2 aromatic heterocycles. The van der Waals surface area contributed by atoms with Gasteiger partial charge in [-0.25, -0.2) is 9.78 Å². The van der Waals surface area contributed by atoms with Crippen molar-refractivity contribution in [2.75, 3.05) is 13.1 Å². The number of ether oxygens (including phenoxy) is 1. The Kier molecular flexibility index (Phi) is 5.80. The minimum absolute atomic E-state index is 0.147. The SMILES string of the molecule is CC(C)(C)OC(=O)N1CCC2(CCC(Cn3cc(C4CC4)c4cc(Br)cnc43)CC2)CC1. The molecule has 1 amide bonds. The van der Waals surface area contributed by atoms with Crippen molar-refractivity contribution in [2.45, 2.75) is 90.2 Å². The Balaban J connectivity index is 1.19. The molecular formula is C26H36BrN3O2. The molecule has 2 saturated carbocycles. The van der Waals surface area contributed by atoms with Gasteiger partial charge in [-0.1, -0.05) is 0 Å². The lowest BCUT2D eigenvalue weighted by atomic mass is 9.65. The van der Waals surface area contributed by atoms with Crippen LogP contribution in [0.15, 0.2) is 22.9 Å². The van der Waals surface area contributed by atoms with Crippen LogP contribution >= 0.6 is 15.9 Å². The third-order valence-electron chi connectivity index (χ3n) is 7.82. The van der Waals surface area contributed by atoms with E-state index >= 15 is 0 Å². The van der Waals surface area contributed by atoms with Crippen molar-refractivity contribution < 1.29 is 9.53 Å². The number of amides is 1. The zero-order valence-corrected chi connectivity index (χ0v) is 21.3. The molecule has 0 bridgehead atoms. The number of nitrogens with zero attached hydrogens (tertiary/aromatic N) is 3. The molecule has 1 spiro atoms. The van der Waals surface area contributed by atoms with Gasteiger partial charge in [-0.05, 0) is 117 Å². The van der Waals surface area contributed by atoms with Crippen LogP contribution in [0.1, 0.15) is 83.6 Å². The summed E-state index contributed by atoms with van der Waals surface area (Å²) in [5.41, 5.74) is 2.66. The van der Waals surface area contributed by atoms with Crippen LogP contribution in [-0.2, 0) is 11.3 Å². The molecule has 5 nitrogen and oxygen atoms in total. The monoisotopic (exact) mass is 501 g/mol. The van der Waals surface area contributed by atoms with Gasteiger partial charge >= 0.3 is 6.09 Å². The first-order valence-corrected chi connectivity index (χ1v) is 13.1. The Hall–Kier alpha value is -1.56. The molecule has 6 heteroatoms. The highest BCUT2D eigenvalue weighted by molar-refractivity contribution is 9.10. The third kappa shape index (κ3) is 4.71. The van der Waals surface area contributed by atoms with Crippen molar-refractivity contribution >= 4 is 33.1 Å². The maximum atomic E-state index is 12.4. The van der Waals surface area contributed by atoms with Crippen molar-refractivity contribution in [3.63, 3.8) is 0 Å². The number of carbonyl (C=O) groups excluding carboxylic acids is 1. The molecular weight excluding hydrogens is 466 g/mol. The molecule has 3 fully saturated rings. The lowest BCUT2D eigenvalue weighted by molar-refractivity contribution is 0.000897. The largest absolute Gasteiger partial charge is 0.444 e. The highest BCUT2D eigenvalue weighted by atomic mass is 79.9. The molecule has 0 N–H and O–H groups in total. The van der Waals surface area contributed by atoms with Crippen LogP contribution in [0.3, 0.4) is 0 Å². The van der Waals surface area contributed by atoms with Gasteiger partial charge in [-0.2, -0.15) is 0 Å². The Morgan fingerprint density at radius 1 is 1.16 bits per heavy atom. The van der Waals surface area contributed by atoms with Gasteiger partial charge in [0.2, 0.25) is 0 Å². The van der Waals surface area contributed by atoms with E-state index in [4.69, 9.17) is 9.72 Å². The van der Waals surface area contributed by atoms with Crippen molar-refractivity contribution in [3.8, 4) is 0 Å². The topological polar surface area (TPSA) is 47.4 Å². The van der Waals surface area contributed by atoms with Crippen LogP contribution < -0.4 is 0 Å². The lowest BCUT2D eigenvalue weighted by Gasteiger charge is -2.46. The van der Waals surface area contributed by atoms with Crippen LogP contribution in [-0.4, -0.2) is 39.2 Å². The first-order valence-electron chi connectivity index (χ1n) is 12.3. The molecule has 1 aliphatic heterocycles. The van der Waals surface area contributed by atoms with Crippen LogP contribution in [0.4, 0.5) is 4.79 Å². The number of aromatic nitrogens is 2. The quantitative estimate of drug-likeness (QED) is 0.460. The molecule has 2 aliphatic carbocycles. The van der Waals surface area contributed by atoms with E-state index in [2.05, 4.69) is 32.8 Å². The number of halogens is 1. The lowest BCUT2D eigenvalue weighted by Crippen LogP contribution is -2.46. The molecule has 2 aromatic rings. The summed E-state index contributed by atoms with van der Waals surface area (Å²) in [6.07, 6.45) is 14.2. The number of piperidine rings is 1. The van der Waals surface area contributed by atoms with Crippen molar-refractivity contribution in [1.29, 1.82) is 0 Å². The predicted molar refractivity (Wildman–Crippen MR) is 131 cm³/mol. The van der Waals surface area contributed by atoms with Gasteiger partial charge in [0.25, 0.3) is 0 Å². The van der Waals surface area contributed by atoms with E-state index in [-0.39, 0.29) is 6.09 Å². The second kappa shape index (κ2) is 8.34. The van der Waals surface area contributed by atoms with E-state index in [1.165, 1.54) is 49.5 Å². The van der Waals surface area contributed by atoms with Crippen molar-refractivity contribution in [1.82, 2.24) is 14.5 Å². The summed E-state index contributed by atoms with van der Waals surface area (Å²) in [7, 11) is 0. The molecule has 0 unspecified atom stereocenters. The maximum absolute atomic E-state index is 12.4. The van der Waals surface area contributed by atoms with E-state index in [1.807, 2.05) is 31.9 Å². The van der Waals surface area contributed by atoms with Crippen molar-refractivity contribution in [3.05, 3.63) is 28.5 Å². The number of hydrogen-bond donors (Lipinski definition) is 0. The Labute approximate surface area is 200 Å². The summed E-state index contributed by atoms with van der Waals surface area (Å²) < 4.78 is 9.08. The average Bonchev–Trinajstić information content (AvgIpc) is 3.52. The Bertz CT molecular complexity index is 986. The standard InChI is InChI=1S/C26H36BrN3O2/c1-25(2,3)32-24(31)29-12-10-26(11-13-29)8-6-18(7-9-26)16-30-17-22(19-4-5-19)21-14-20(27)15-28-23(21)30/h14-15,17-19H,4-13,16H2,1-3H3. The molecule has 32 heavy (non-hydrogen) atoms. The van der Waals surface area contributed by atoms with Crippen LogP contribution in [0.25, 0.3) is 11.0 Å². The first-order chi connectivity index (χ1) is 15.2. The zero-order chi connectivity index (χ0) is 22.5. The van der Waals surface area contributed by atoms with Crippen LogP contribution in [0.2, 0.25) is 0 Å². The first kappa shape index (κ1) is 22.2. The van der Waals surface area contributed by atoms with Gasteiger partial charge in [0, 0.05) is 41.9 Å². The maximum Gasteiger partial charge on any atom is 0.410 e. The summed E-state index contributed by atoms with van der Waals surface area (Å²) in [5, 5.41) is 1.34. The highest BCUT2D eigenvalue weighted by Gasteiger charge is 2.40. The van der Waals surface area contributed by atoms with E-state index in [0.29, 0.717) is 5.41 Å². The summed E-state index contributed by atoms with van der Waals surface area (Å²) in [5.74, 6) is 1.46. The molecule has 0 radical (unpaired) electrons. The summed E-state index contributed by atoms with van der Waals surface area (Å²) in [4.78, 5) is 19.1. The second-order valence-corrected chi connectivity index (χ2v) is 12.4. The normalized spacial score (nSPS) is 21.9. The van der Waals surface area contributed by atoms with Gasteiger partial charge in [-0.3, -0.25) is 0 Å². The van der Waals surface area contributed by atoms with E-state index in [0.717, 1.165) is 54.4 Å². The molecule has 0 aromatic carbocycles. The fourth-order valence-electron chi connectivity index (χ4n) is 5.77. The van der Waals surface area contributed by atoms with Crippen LogP contribution in [0, 0.1) is 11.3 Å². The molecule has 1 saturated heterocycles. The number of likely N-dealkylation sites (tertiary alicyclic amines) is 1. The minimum Gasteiger partial charge on any atom is -0.444 e. The number of fused-ring (bicyclic) bond motifs is 1. The molecule has 3 heterocycles. The predicted octanol–water partition coefficient (Wildman–Crippen LogP) is 6.88. The van der Waals surface area contributed by atoms with Gasteiger partial charge in [0.05, 0.1) is 0 Å². The van der Waals surface area contributed by atoms with E-state index < -0.39 is 5.60 Å². The van der Waals surface area contributed by atoms with E-state index in [1.54, 1.807) is 0 Å². The summed E-state index contributed by atoms with van der Waals surface area (Å²) >= 11 is 3.61. The van der Waals surface area contributed by atoms with E-state index in [9.17, 15) is 4.79 Å². The fraction of sp³-hybridized carbons (Fsp3) is 0.692. The average molecular weight is 502 g/mol. The van der Waals surface area contributed by atoms with Crippen molar-refractivity contribution in [2.24, 2.45) is 11.3 Å². The van der Waals surface area contributed by atoms with Gasteiger partial charge in [-0.15, -0.1) is 0 Å². The summed E-state index contributed by atoms with van der Waals surface area (Å²) in [6.45, 7) is 8.57. The summed E-state index contributed by atoms with van der Waals surface area (Å²) in [6, 6.07) is 2.25. The Morgan fingerprint density at radius 3 is 2.47 bits per heavy atom.